The summed E-state index contributed by atoms with van der Waals surface area (Å²) in [5, 5.41) is 0.841. The SMILES string of the molecule is CN1c2c(Cl)cccc2C(N)C2CCCCCC21. The van der Waals surface area contributed by atoms with Gasteiger partial charge in [0, 0.05) is 19.1 Å². The molecule has 3 unspecified atom stereocenters. The third kappa shape index (κ3) is 1.83. The molecule has 2 aliphatic rings. The van der Waals surface area contributed by atoms with E-state index in [1.165, 1.54) is 37.7 Å². The zero-order chi connectivity index (χ0) is 12.7. The van der Waals surface area contributed by atoms with Crippen LogP contribution in [0, 0.1) is 5.92 Å². The van der Waals surface area contributed by atoms with Crippen LogP contribution in [-0.2, 0) is 0 Å². The van der Waals surface area contributed by atoms with Crippen molar-refractivity contribution in [2.24, 2.45) is 11.7 Å². The maximum atomic E-state index is 6.52. The van der Waals surface area contributed by atoms with Gasteiger partial charge in [-0.3, -0.25) is 0 Å². The van der Waals surface area contributed by atoms with Crippen molar-refractivity contribution in [2.75, 3.05) is 11.9 Å². The normalized spacial score (nSPS) is 31.5. The lowest BCUT2D eigenvalue weighted by molar-refractivity contribution is 0.311. The van der Waals surface area contributed by atoms with E-state index < -0.39 is 0 Å². The van der Waals surface area contributed by atoms with Crippen molar-refractivity contribution in [3.05, 3.63) is 28.8 Å². The number of hydrogen-bond donors (Lipinski definition) is 1. The highest BCUT2D eigenvalue weighted by molar-refractivity contribution is 6.33. The predicted octanol–water partition coefficient (Wildman–Crippen LogP) is 3.74. The van der Waals surface area contributed by atoms with Gasteiger partial charge in [-0.05, 0) is 30.4 Å². The summed E-state index contributed by atoms with van der Waals surface area (Å²) >= 11 is 6.38. The number of rotatable bonds is 0. The van der Waals surface area contributed by atoms with E-state index in [1.54, 1.807) is 0 Å². The van der Waals surface area contributed by atoms with E-state index in [9.17, 15) is 0 Å². The van der Waals surface area contributed by atoms with Crippen molar-refractivity contribution < 1.29 is 0 Å². The molecule has 0 radical (unpaired) electrons. The molecular formula is C15H21ClN2. The summed E-state index contributed by atoms with van der Waals surface area (Å²) in [6.45, 7) is 0. The van der Waals surface area contributed by atoms with Gasteiger partial charge in [0.25, 0.3) is 0 Å². The van der Waals surface area contributed by atoms with Gasteiger partial charge in [0.15, 0.2) is 0 Å². The number of nitrogens with two attached hydrogens (primary N) is 1. The Balaban J connectivity index is 2.07. The van der Waals surface area contributed by atoms with Gasteiger partial charge in [-0.25, -0.2) is 0 Å². The zero-order valence-corrected chi connectivity index (χ0v) is 11.7. The van der Waals surface area contributed by atoms with Crippen molar-refractivity contribution in [3.63, 3.8) is 0 Å². The second kappa shape index (κ2) is 4.75. The molecule has 0 saturated heterocycles. The number of halogens is 1. The van der Waals surface area contributed by atoms with Crippen LogP contribution in [0.5, 0.6) is 0 Å². The highest BCUT2D eigenvalue weighted by Crippen LogP contribution is 2.46. The van der Waals surface area contributed by atoms with Crippen molar-refractivity contribution in [2.45, 2.75) is 44.2 Å². The Labute approximate surface area is 114 Å². The van der Waals surface area contributed by atoms with Crippen LogP contribution in [-0.4, -0.2) is 13.1 Å². The molecule has 3 atom stereocenters. The van der Waals surface area contributed by atoms with Gasteiger partial charge < -0.3 is 10.6 Å². The van der Waals surface area contributed by atoms with Crippen molar-refractivity contribution in [1.82, 2.24) is 0 Å². The molecule has 0 aromatic heterocycles. The maximum Gasteiger partial charge on any atom is 0.0643 e. The molecular weight excluding hydrogens is 244 g/mol. The van der Waals surface area contributed by atoms with Crippen LogP contribution in [0.25, 0.3) is 0 Å². The van der Waals surface area contributed by atoms with E-state index in [0.717, 1.165) is 10.7 Å². The molecule has 3 rings (SSSR count). The third-order valence-electron chi connectivity index (χ3n) is 4.72. The van der Waals surface area contributed by atoms with Gasteiger partial charge in [-0.15, -0.1) is 0 Å². The standard InChI is InChI=1S/C15H21ClN2/c1-18-13-9-4-2-3-6-10(13)14(17)11-7-5-8-12(16)15(11)18/h5,7-8,10,13-14H,2-4,6,9,17H2,1H3. The van der Waals surface area contributed by atoms with E-state index in [2.05, 4.69) is 18.0 Å². The first-order valence-electron chi connectivity index (χ1n) is 6.97. The largest absolute Gasteiger partial charge is 0.370 e. The van der Waals surface area contributed by atoms with Crippen LogP contribution < -0.4 is 10.6 Å². The number of hydrogen-bond acceptors (Lipinski definition) is 2. The molecule has 0 spiro atoms. The molecule has 1 aromatic rings. The summed E-state index contributed by atoms with van der Waals surface area (Å²) in [5.74, 6) is 0.587. The molecule has 1 aromatic carbocycles. The van der Waals surface area contributed by atoms with E-state index in [-0.39, 0.29) is 6.04 Å². The van der Waals surface area contributed by atoms with Crippen LogP contribution in [0.2, 0.25) is 5.02 Å². The van der Waals surface area contributed by atoms with Crippen molar-refractivity contribution in [1.29, 1.82) is 0 Å². The third-order valence-corrected chi connectivity index (χ3v) is 5.03. The minimum atomic E-state index is 0.151. The van der Waals surface area contributed by atoms with Crippen LogP contribution >= 0.6 is 11.6 Å². The second-order valence-electron chi connectivity index (χ2n) is 5.68. The van der Waals surface area contributed by atoms with Gasteiger partial charge in [-0.2, -0.15) is 0 Å². The monoisotopic (exact) mass is 264 g/mol. The highest BCUT2D eigenvalue weighted by Gasteiger charge is 2.38. The Bertz CT molecular complexity index is 446. The summed E-state index contributed by atoms with van der Waals surface area (Å²) in [7, 11) is 2.18. The maximum absolute atomic E-state index is 6.52. The lowest BCUT2D eigenvalue weighted by atomic mass is 9.79. The van der Waals surface area contributed by atoms with Gasteiger partial charge in [0.2, 0.25) is 0 Å². The van der Waals surface area contributed by atoms with Gasteiger partial charge >= 0.3 is 0 Å². The Morgan fingerprint density at radius 2 is 2.00 bits per heavy atom. The fourth-order valence-corrected chi connectivity index (χ4v) is 4.10. The van der Waals surface area contributed by atoms with E-state index in [4.69, 9.17) is 17.3 Å². The number of anilines is 1. The first kappa shape index (κ1) is 12.3. The van der Waals surface area contributed by atoms with Crippen LogP contribution in [0.3, 0.4) is 0 Å². The first-order valence-corrected chi connectivity index (χ1v) is 7.35. The smallest absolute Gasteiger partial charge is 0.0643 e. The molecule has 2 N–H and O–H groups in total. The summed E-state index contributed by atoms with van der Waals surface area (Å²) in [4.78, 5) is 2.39. The minimum absolute atomic E-state index is 0.151. The van der Waals surface area contributed by atoms with Gasteiger partial charge in [0.1, 0.15) is 0 Å². The first-order chi connectivity index (χ1) is 8.70. The average Bonchev–Trinajstić information content (AvgIpc) is 2.61. The van der Waals surface area contributed by atoms with Crippen LogP contribution in [0.1, 0.15) is 43.7 Å². The molecule has 1 aliphatic heterocycles. The van der Waals surface area contributed by atoms with Crippen LogP contribution in [0.4, 0.5) is 5.69 Å². The van der Waals surface area contributed by atoms with Crippen molar-refractivity contribution >= 4 is 17.3 Å². The Hall–Kier alpha value is -0.730. The molecule has 2 nitrogen and oxygen atoms in total. The van der Waals surface area contributed by atoms with E-state index in [0.29, 0.717) is 12.0 Å². The van der Waals surface area contributed by atoms with Gasteiger partial charge in [0.05, 0.1) is 10.7 Å². The topological polar surface area (TPSA) is 29.3 Å². The van der Waals surface area contributed by atoms with Crippen LogP contribution in [0.15, 0.2) is 18.2 Å². The fraction of sp³-hybridized carbons (Fsp3) is 0.600. The molecule has 18 heavy (non-hydrogen) atoms. The number of para-hydroxylation sites is 1. The van der Waals surface area contributed by atoms with E-state index >= 15 is 0 Å². The number of fused-ring (bicyclic) bond motifs is 2. The average molecular weight is 265 g/mol. The molecule has 0 bridgehead atoms. The minimum Gasteiger partial charge on any atom is -0.370 e. The summed E-state index contributed by atoms with van der Waals surface area (Å²) in [6, 6.07) is 6.85. The molecule has 0 amide bonds. The zero-order valence-electron chi connectivity index (χ0n) is 10.9. The van der Waals surface area contributed by atoms with E-state index in [1.807, 2.05) is 12.1 Å². The summed E-state index contributed by atoms with van der Waals surface area (Å²) in [6.07, 6.45) is 6.48. The second-order valence-corrected chi connectivity index (χ2v) is 6.09. The van der Waals surface area contributed by atoms with Gasteiger partial charge in [-0.1, -0.05) is 43.0 Å². The number of nitrogens with zero attached hydrogens (tertiary/aromatic N) is 1. The summed E-state index contributed by atoms with van der Waals surface area (Å²) < 4.78 is 0. The summed E-state index contributed by atoms with van der Waals surface area (Å²) in [5.41, 5.74) is 8.91. The Morgan fingerprint density at radius 1 is 1.22 bits per heavy atom. The molecule has 1 fully saturated rings. The quantitative estimate of drug-likeness (QED) is 0.774. The molecule has 1 saturated carbocycles. The fourth-order valence-electron chi connectivity index (χ4n) is 3.79. The molecule has 1 heterocycles. The lowest BCUT2D eigenvalue weighted by Gasteiger charge is -2.45. The Kier molecular flexibility index (Phi) is 3.25. The van der Waals surface area contributed by atoms with Crippen molar-refractivity contribution in [3.8, 4) is 0 Å². The Morgan fingerprint density at radius 3 is 2.83 bits per heavy atom. The highest BCUT2D eigenvalue weighted by atomic mass is 35.5. The molecule has 3 heteroatoms. The predicted molar refractivity (Wildman–Crippen MR) is 77.1 cm³/mol. The molecule has 98 valence electrons. The number of benzene rings is 1. The molecule has 1 aliphatic carbocycles. The lowest BCUT2D eigenvalue weighted by Crippen LogP contribution is -2.47.